The number of aromatic nitrogens is 2. The van der Waals surface area contributed by atoms with E-state index in [9.17, 15) is 10.1 Å². The quantitative estimate of drug-likeness (QED) is 0.595. The molecule has 1 aliphatic carbocycles. The van der Waals surface area contributed by atoms with Crippen molar-refractivity contribution in [3.05, 3.63) is 36.5 Å². The van der Waals surface area contributed by atoms with Gasteiger partial charge in [0.05, 0.1) is 36.4 Å². The molecule has 164 valence electrons. The molecule has 1 amide bonds. The van der Waals surface area contributed by atoms with Crippen LogP contribution >= 0.6 is 11.8 Å². The molecule has 0 radical (unpaired) electrons. The molecule has 1 atom stereocenters. The van der Waals surface area contributed by atoms with Gasteiger partial charge in [-0.15, -0.1) is 0 Å². The summed E-state index contributed by atoms with van der Waals surface area (Å²) in [6, 6.07) is 12.7. The number of imidazole rings is 1. The Morgan fingerprint density at radius 3 is 2.74 bits per heavy atom. The molecule has 2 fully saturated rings. The van der Waals surface area contributed by atoms with Crippen LogP contribution in [0.15, 0.2) is 41.7 Å². The summed E-state index contributed by atoms with van der Waals surface area (Å²) in [6.07, 6.45) is 8.88. The Hall–Kier alpha value is -2.30. The minimum atomic E-state index is -0.655. The van der Waals surface area contributed by atoms with Crippen LogP contribution in [0.25, 0.3) is 11.3 Å². The first-order chi connectivity index (χ1) is 15.1. The molecule has 1 aliphatic heterocycles. The zero-order valence-electron chi connectivity index (χ0n) is 18.1. The highest BCUT2D eigenvalue weighted by atomic mass is 32.2. The molecule has 1 unspecified atom stereocenters. The number of nitriles is 1. The van der Waals surface area contributed by atoms with Gasteiger partial charge in [0, 0.05) is 13.7 Å². The molecule has 0 spiro atoms. The molecule has 6 nitrogen and oxygen atoms in total. The fourth-order valence-corrected chi connectivity index (χ4v) is 5.50. The molecule has 0 bridgehead atoms. The highest BCUT2D eigenvalue weighted by molar-refractivity contribution is 7.99. The first-order valence-corrected chi connectivity index (χ1v) is 12.1. The summed E-state index contributed by atoms with van der Waals surface area (Å²) in [5.74, 6) is 0.262. The second-order valence-electron chi connectivity index (χ2n) is 8.48. The number of rotatable bonds is 7. The lowest BCUT2D eigenvalue weighted by molar-refractivity contribution is -0.131. The topological polar surface area (TPSA) is 71.2 Å². The number of nitrogens with zero attached hydrogens (tertiary/aromatic N) is 4. The Labute approximate surface area is 188 Å². The van der Waals surface area contributed by atoms with Crippen molar-refractivity contribution in [1.29, 1.82) is 5.26 Å². The Morgan fingerprint density at radius 1 is 1.29 bits per heavy atom. The van der Waals surface area contributed by atoms with E-state index in [4.69, 9.17) is 4.74 Å². The van der Waals surface area contributed by atoms with Gasteiger partial charge in [0.15, 0.2) is 5.16 Å². The van der Waals surface area contributed by atoms with Gasteiger partial charge >= 0.3 is 0 Å². The van der Waals surface area contributed by atoms with Crippen LogP contribution < -0.4 is 0 Å². The Morgan fingerprint density at radius 2 is 2.06 bits per heavy atom. The number of benzene rings is 1. The fourth-order valence-electron chi connectivity index (χ4n) is 4.60. The van der Waals surface area contributed by atoms with Crippen LogP contribution in [0.5, 0.6) is 0 Å². The third-order valence-corrected chi connectivity index (χ3v) is 7.50. The van der Waals surface area contributed by atoms with E-state index in [0.717, 1.165) is 74.5 Å². The highest BCUT2D eigenvalue weighted by Crippen LogP contribution is 2.34. The summed E-state index contributed by atoms with van der Waals surface area (Å²) in [6.45, 7) is 1.54. The summed E-state index contributed by atoms with van der Waals surface area (Å²) in [7, 11) is 1.78. The Bertz CT molecular complexity index is 925. The third kappa shape index (κ3) is 4.81. The third-order valence-electron chi connectivity index (χ3n) is 6.53. The van der Waals surface area contributed by atoms with Crippen LogP contribution in [0.2, 0.25) is 0 Å². The monoisotopic (exact) mass is 438 g/mol. The van der Waals surface area contributed by atoms with Gasteiger partial charge in [-0.3, -0.25) is 4.79 Å². The van der Waals surface area contributed by atoms with E-state index in [1.54, 1.807) is 11.9 Å². The van der Waals surface area contributed by atoms with Gasteiger partial charge in [-0.2, -0.15) is 5.26 Å². The molecule has 0 N–H and O–H groups in total. The van der Waals surface area contributed by atoms with Crippen LogP contribution in [0, 0.1) is 11.3 Å². The average molecular weight is 439 g/mol. The zero-order valence-corrected chi connectivity index (χ0v) is 18.9. The molecule has 31 heavy (non-hydrogen) atoms. The average Bonchev–Trinajstić information content (AvgIpc) is 3.48. The maximum absolute atomic E-state index is 13.0. The van der Waals surface area contributed by atoms with Gasteiger partial charge in [-0.05, 0) is 31.2 Å². The minimum absolute atomic E-state index is 0.0126. The lowest BCUT2D eigenvalue weighted by atomic mass is 9.81. The smallest absolute Gasteiger partial charge is 0.234 e. The normalized spacial score (nSPS) is 20.3. The summed E-state index contributed by atoms with van der Waals surface area (Å²) >= 11 is 1.45. The predicted molar refractivity (Wildman–Crippen MR) is 122 cm³/mol. The van der Waals surface area contributed by atoms with Gasteiger partial charge in [0.1, 0.15) is 5.54 Å². The van der Waals surface area contributed by atoms with Gasteiger partial charge in [-0.1, -0.05) is 61.4 Å². The maximum atomic E-state index is 13.0. The van der Waals surface area contributed by atoms with Crippen LogP contribution in [-0.4, -0.2) is 51.4 Å². The highest BCUT2D eigenvalue weighted by Gasteiger charge is 2.38. The maximum Gasteiger partial charge on any atom is 0.234 e. The first-order valence-electron chi connectivity index (χ1n) is 11.2. The molecule has 2 heterocycles. The summed E-state index contributed by atoms with van der Waals surface area (Å²) in [5.41, 5.74) is 1.49. The number of hydrogen-bond acceptors (Lipinski definition) is 5. The zero-order chi connectivity index (χ0) is 21.7. The molecule has 1 aromatic heterocycles. The largest absolute Gasteiger partial charge is 0.376 e. The standard InChI is InChI=1S/C24H30N4O2S/c1-27(24(18-25)12-6-3-7-13-24)22(29)17-31-23-26-15-21(19-9-4-2-5-10-19)28(23)16-20-11-8-14-30-20/h2,4-5,9-10,15,20H,3,6-8,11-14,16-17H2,1H3. The summed E-state index contributed by atoms with van der Waals surface area (Å²) in [5, 5.41) is 10.6. The van der Waals surface area contributed by atoms with Crippen LogP contribution in [0.3, 0.4) is 0 Å². The number of carbonyl (C=O) groups is 1. The van der Waals surface area contributed by atoms with Crippen LogP contribution in [0.4, 0.5) is 0 Å². The summed E-state index contributed by atoms with van der Waals surface area (Å²) in [4.78, 5) is 19.3. The second kappa shape index (κ2) is 9.88. The molecule has 1 aromatic carbocycles. The van der Waals surface area contributed by atoms with Crippen LogP contribution in [0.1, 0.15) is 44.9 Å². The fraction of sp³-hybridized carbons (Fsp3) is 0.542. The summed E-state index contributed by atoms with van der Waals surface area (Å²) < 4.78 is 8.06. The number of amides is 1. The first kappa shape index (κ1) is 21.9. The van der Waals surface area contributed by atoms with E-state index < -0.39 is 5.54 Å². The van der Waals surface area contributed by atoms with E-state index in [2.05, 4.69) is 27.8 Å². The van der Waals surface area contributed by atoms with E-state index >= 15 is 0 Å². The number of hydrogen-bond donors (Lipinski definition) is 0. The molecule has 1 saturated heterocycles. The predicted octanol–water partition coefficient (Wildman–Crippen LogP) is 4.51. The molecule has 4 rings (SSSR count). The SMILES string of the molecule is CN(C(=O)CSc1ncc(-c2ccccc2)n1CC1CCCO1)C1(C#N)CCCCC1. The van der Waals surface area contributed by atoms with E-state index in [1.807, 2.05) is 24.4 Å². The van der Waals surface area contributed by atoms with Crippen molar-refractivity contribution in [2.24, 2.45) is 0 Å². The molecular formula is C24H30N4O2S. The minimum Gasteiger partial charge on any atom is -0.376 e. The Balaban J connectivity index is 1.50. The van der Waals surface area contributed by atoms with Crippen molar-refractivity contribution in [3.63, 3.8) is 0 Å². The van der Waals surface area contributed by atoms with Crippen molar-refractivity contribution < 1.29 is 9.53 Å². The van der Waals surface area contributed by atoms with Crippen molar-refractivity contribution in [3.8, 4) is 17.3 Å². The van der Waals surface area contributed by atoms with Gasteiger partial charge in [-0.25, -0.2) is 4.98 Å². The van der Waals surface area contributed by atoms with Gasteiger partial charge in [0.25, 0.3) is 0 Å². The second-order valence-corrected chi connectivity index (χ2v) is 9.43. The Kier molecular flexibility index (Phi) is 6.99. The lowest BCUT2D eigenvalue weighted by Crippen LogP contribution is -2.50. The van der Waals surface area contributed by atoms with E-state index in [-0.39, 0.29) is 17.8 Å². The van der Waals surface area contributed by atoms with Crippen molar-refractivity contribution in [2.75, 3.05) is 19.4 Å². The van der Waals surface area contributed by atoms with E-state index in [1.165, 1.54) is 11.8 Å². The number of thioether (sulfide) groups is 1. The van der Waals surface area contributed by atoms with Crippen molar-refractivity contribution >= 4 is 17.7 Å². The molecular weight excluding hydrogens is 408 g/mol. The number of carbonyl (C=O) groups excluding carboxylic acids is 1. The molecule has 2 aliphatic rings. The van der Waals surface area contributed by atoms with Gasteiger partial charge < -0.3 is 14.2 Å². The van der Waals surface area contributed by atoms with Gasteiger partial charge in [0.2, 0.25) is 5.91 Å². The van der Waals surface area contributed by atoms with Crippen molar-refractivity contribution in [1.82, 2.24) is 14.5 Å². The van der Waals surface area contributed by atoms with E-state index in [0.29, 0.717) is 0 Å². The number of ether oxygens (including phenoxy) is 1. The molecule has 2 aromatic rings. The molecule has 7 heteroatoms. The van der Waals surface area contributed by atoms with Crippen LogP contribution in [-0.2, 0) is 16.1 Å². The lowest BCUT2D eigenvalue weighted by Gasteiger charge is -2.39. The molecule has 1 saturated carbocycles. The van der Waals surface area contributed by atoms with Crippen molar-refractivity contribution in [2.45, 2.75) is 68.3 Å².